The fourth-order valence-corrected chi connectivity index (χ4v) is 2.58. The zero-order chi connectivity index (χ0) is 16.2. The maximum Gasteiger partial charge on any atom is 0.421 e. The molecule has 0 saturated carbocycles. The van der Waals surface area contributed by atoms with Crippen molar-refractivity contribution in [3.8, 4) is 0 Å². The molecular formula is C14H13F3N2O2S. The summed E-state index contributed by atoms with van der Waals surface area (Å²) in [6, 6.07) is 5.62. The third-order valence-electron chi connectivity index (χ3n) is 2.91. The monoisotopic (exact) mass is 330 g/mol. The van der Waals surface area contributed by atoms with Crippen LogP contribution in [0.4, 0.5) is 13.2 Å². The normalized spacial score (nSPS) is 11.4. The van der Waals surface area contributed by atoms with Crippen LogP contribution < -0.4 is 10.9 Å². The quantitative estimate of drug-likeness (QED) is 0.914. The van der Waals surface area contributed by atoms with Gasteiger partial charge in [0.15, 0.2) is 0 Å². The second-order valence-electron chi connectivity index (χ2n) is 4.53. The van der Waals surface area contributed by atoms with Crippen molar-refractivity contribution in [1.82, 2.24) is 9.88 Å². The number of carbonyl (C=O) groups excluding carboxylic acids is 1. The zero-order valence-electron chi connectivity index (χ0n) is 11.4. The Labute approximate surface area is 128 Å². The Balaban J connectivity index is 1.96. The third-order valence-corrected chi connectivity index (χ3v) is 3.85. The molecule has 2 rings (SSSR count). The topological polar surface area (TPSA) is 51.1 Å². The van der Waals surface area contributed by atoms with Crippen molar-refractivity contribution >= 4 is 17.2 Å². The van der Waals surface area contributed by atoms with Gasteiger partial charge in [0.1, 0.15) is 12.1 Å². The molecule has 0 aliphatic carbocycles. The van der Waals surface area contributed by atoms with Crippen molar-refractivity contribution in [2.45, 2.75) is 19.1 Å². The fraction of sp³-hybridized carbons (Fsp3) is 0.286. The van der Waals surface area contributed by atoms with Gasteiger partial charge in [-0.3, -0.25) is 9.59 Å². The van der Waals surface area contributed by atoms with E-state index in [1.54, 1.807) is 11.3 Å². The maximum absolute atomic E-state index is 12.6. The van der Waals surface area contributed by atoms with Crippen LogP contribution in [0.3, 0.4) is 0 Å². The van der Waals surface area contributed by atoms with E-state index in [2.05, 4.69) is 5.32 Å². The number of hydrogen-bond donors (Lipinski definition) is 1. The minimum absolute atomic E-state index is 0.368. The van der Waals surface area contributed by atoms with Crippen LogP contribution in [0.15, 0.2) is 40.6 Å². The Bertz CT molecular complexity index is 693. The SMILES string of the molecule is O=C(Cn1cccc(C(F)(F)F)c1=O)NCCc1cccs1. The van der Waals surface area contributed by atoms with Crippen molar-refractivity contribution in [1.29, 1.82) is 0 Å². The van der Waals surface area contributed by atoms with E-state index in [0.29, 0.717) is 19.0 Å². The van der Waals surface area contributed by atoms with Crippen LogP contribution in [0, 0.1) is 0 Å². The Hall–Kier alpha value is -2.09. The van der Waals surface area contributed by atoms with Gasteiger partial charge < -0.3 is 9.88 Å². The molecule has 0 bridgehead atoms. The van der Waals surface area contributed by atoms with Gasteiger partial charge in [-0.15, -0.1) is 11.3 Å². The second kappa shape index (κ2) is 6.78. The third kappa shape index (κ3) is 4.20. The molecule has 4 nitrogen and oxygen atoms in total. The summed E-state index contributed by atoms with van der Waals surface area (Å²) in [6.45, 7) is -0.0692. The number of rotatable bonds is 5. The number of hydrogen-bond acceptors (Lipinski definition) is 3. The Morgan fingerprint density at radius 2 is 2.05 bits per heavy atom. The molecule has 8 heteroatoms. The summed E-state index contributed by atoms with van der Waals surface area (Å²) in [6.07, 6.45) is -2.92. The van der Waals surface area contributed by atoms with Crippen molar-refractivity contribution in [2.75, 3.05) is 6.54 Å². The molecule has 0 aliphatic rings. The molecule has 2 heterocycles. The highest BCUT2D eigenvalue weighted by Crippen LogP contribution is 2.25. The summed E-state index contributed by atoms with van der Waals surface area (Å²) in [4.78, 5) is 24.5. The number of nitrogens with one attached hydrogen (secondary N) is 1. The van der Waals surface area contributed by atoms with Gasteiger partial charge in [-0.05, 0) is 30.0 Å². The molecule has 0 radical (unpaired) electrons. The maximum atomic E-state index is 12.6. The van der Waals surface area contributed by atoms with Crippen molar-refractivity contribution in [2.24, 2.45) is 0 Å². The highest BCUT2D eigenvalue weighted by atomic mass is 32.1. The van der Waals surface area contributed by atoms with E-state index < -0.39 is 29.8 Å². The van der Waals surface area contributed by atoms with E-state index in [1.807, 2.05) is 17.5 Å². The van der Waals surface area contributed by atoms with Gasteiger partial charge in [0.05, 0.1) is 0 Å². The summed E-state index contributed by atoms with van der Waals surface area (Å²) in [5.41, 5.74) is -2.50. The van der Waals surface area contributed by atoms with E-state index in [0.717, 1.165) is 21.7 Å². The highest BCUT2D eigenvalue weighted by molar-refractivity contribution is 7.09. The van der Waals surface area contributed by atoms with Gasteiger partial charge >= 0.3 is 6.18 Å². The summed E-state index contributed by atoms with van der Waals surface area (Å²) in [7, 11) is 0. The lowest BCUT2D eigenvalue weighted by atomic mass is 10.2. The minimum atomic E-state index is -4.73. The Morgan fingerprint density at radius 1 is 1.27 bits per heavy atom. The van der Waals surface area contributed by atoms with Gasteiger partial charge in [-0.25, -0.2) is 0 Å². The average molecular weight is 330 g/mol. The van der Waals surface area contributed by atoms with Gasteiger partial charge in [0.25, 0.3) is 5.56 Å². The largest absolute Gasteiger partial charge is 0.421 e. The molecule has 118 valence electrons. The summed E-state index contributed by atoms with van der Waals surface area (Å²) >= 11 is 1.55. The molecule has 0 aromatic carbocycles. The average Bonchev–Trinajstić information content (AvgIpc) is 2.93. The zero-order valence-corrected chi connectivity index (χ0v) is 12.2. The second-order valence-corrected chi connectivity index (χ2v) is 5.56. The van der Waals surface area contributed by atoms with Crippen molar-refractivity contribution < 1.29 is 18.0 Å². The molecule has 0 saturated heterocycles. The van der Waals surface area contributed by atoms with Crippen LogP contribution >= 0.6 is 11.3 Å². The smallest absolute Gasteiger partial charge is 0.354 e. The molecule has 2 aromatic heterocycles. The first-order valence-corrected chi connectivity index (χ1v) is 7.31. The molecule has 0 fully saturated rings. The standard InChI is InChI=1S/C14H13F3N2O2S/c15-14(16,17)11-4-1-7-19(13(11)21)9-12(20)18-6-5-10-3-2-8-22-10/h1-4,7-8H,5-6,9H2,(H,18,20). The van der Waals surface area contributed by atoms with Crippen LogP contribution in [-0.4, -0.2) is 17.0 Å². The Morgan fingerprint density at radius 3 is 2.68 bits per heavy atom. The first-order chi connectivity index (χ1) is 10.4. The molecule has 1 amide bonds. The van der Waals surface area contributed by atoms with Crippen LogP contribution in [0.25, 0.3) is 0 Å². The van der Waals surface area contributed by atoms with Gasteiger partial charge in [0.2, 0.25) is 5.91 Å². The molecule has 2 aromatic rings. The fourth-order valence-electron chi connectivity index (χ4n) is 1.87. The van der Waals surface area contributed by atoms with E-state index >= 15 is 0 Å². The lowest BCUT2D eigenvalue weighted by molar-refractivity contribution is -0.139. The molecular weight excluding hydrogens is 317 g/mol. The molecule has 22 heavy (non-hydrogen) atoms. The van der Waals surface area contributed by atoms with E-state index in [1.165, 1.54) is 0 Å². The number of nitrogens with zero attached hydrogens (tertiary/aromatic N) is 1. The number of pyridine rings is 1. The molecule has 0 atom stereocenters. The van der Waals surface area contributed by atoms with Gasteiger partial charge in [-0.1, -0.05) is 6.07 Å². The number of carbonyl (C=O) groups is 1. The first kappa shape index (κ1) is 16.3. The predicted octanol–water partition coefficient (Wildman–Crippen LogP) is 2.29. The summed E-state index contributed by atoms with van der Waals surface area (Å²) < 4.78 is 38.6. The number of amides is 1. The van der Waals surface area contributed by atoms with Crippen LogP contribution in [-0.2, 0) is 23.9 Å². The molecule has 0 unspecified atom stereocenters. The lowest BCUT2D eigenvalue weighted by Gasteiger charge is -2.10. The minimum Gasteiger partial charge on any atom is -0.354 e. The predicted molar refractivity (Wildman–Crippen MR) is 76.7 cm³/mol. The highest BCUT2D eigenvalue weighted by Gasteiger charge is 2.34. The van der Waals surface area contributed by atoms with E-state index in [4.69, 9.17) is 0 Å². The number of aromatic nitrogens is 1. The van der Waals surface area contributed by atoms with Crippen molar-refractivity contribution in [3.63, 3.8) is 0 Å². The summed E-state index contributed by atoms with van der Waals surface area (Å²) in [5, 5.41) is 4.50. The number of thiophene rings is 1. The molecule has 0 spiro atoms. The van der Waals surface area contributed by atoms with Gasteiger partial charge in [-0.2, -0.15) is 13.2 Å². The van der Waals surface area contributed by atoms with Gasteiger partial charge in [0, 0.05) is 17.6 Å². The molecule has 0 aliphatic heterocycles. The first-order valence-electron chi connectivity index (χ1n) is 6.43. The van der Waals surface area contributed by atoms with Crippen LogP contribution in [0.5, 0.6) is 0 Å². The Kier molecular flexibility index (Phi) is 5.02. The number of alkyl halides is 3. The molecule has 1 N–H and O–H groups in total. The van der Waals surface area contributed by atoms with E-state index in [9.17, 15) is 22.8 Å². The van der Waals surface area contributed by atoms with Crippen LogP contribution in [0.1, 0.15) is 10.4 Å². The lowest BCUT2D eigenvalue weighted by Crippen LogP contribution is -2.35. The number of halogens is 3. The summed E-state index contributed by atoms with van der Waals surface area (Å²) in [5.74, 6) is -0.502. The van der Waals surface area contributed by atoms with E-state index in [-0.39, 0.29) is 0 Å². The van der Waals surface area contributed by atoms with Crippen LogP contribution in [0.2, 0.25) is 0 Å². The van der Waals surface area contributed by atoms with Crippen molar-refractivity contribution in [3.05, 3.63) is 56.6 Å².